The zero-order valence-corrected chi connectivity index (χ0v) is 21.9. The molecule has 1 fully saturated rings. The number of halogens is 1. The summed E-state index contributed by atoms with van der Waals surface area (Å²) in [6.07, 6.45) is 5.39. The molecule has 1 saturated heterocycles. The van der Waals surface area contributed by atoms with Gasteiger partial charge in [-0.1, -0.05) is 31.5 Å². The number of hydrogen-bond donors (Lipinski definition) is 3. The van der Waals surface area contributed by atoms with Crippen molar-refractivity contribution in [2.45, 2.75) is 45.2 Å². The van der Waals surface area contributed by atoms with Gasteiger partial charge in [-0.15, -0.1) is 0 Å². The Hall–Kier alpha value is -3.70. The minimum absolute atomic E-state index is 0.212. The zero-order chi connectivity index (χ0) is 26.1. The number of aromatic nitrogens is 6. The number of nitrogens with one attached hydrogen (secondary N) is 2. The SMILES string of the molecule is CNC(=O)c1ccn(-c2cccc(Cl)c2CNc2nc(N3CCC(N)CC3)nc3c(C(C)C)cnn23)n1. The Labute approximate surface area is 220 Å². The average Bonchev–Trinajstić information content (AvgIpc) is 3.55. The molecule has 194 valence electrons. The third kappa shape index (κ3) is 4.96. The van der Waals surface area contributed by atoms with Gasteiger partial charge in [0.1, 0.15) is 0 Å². The van der Waals surface area contributed by atoms with Gasteiger partial charge in [0.2, 0.25) is 11.9 Å². The summed E-state index contributed by atoms with van der Waals surface area (Å²) in [6, 6.07) is 7.47. The van der Waals surface area contributed by atoms with E-state index in [-0.39, 0.29) is 17.9 Å². The number of benzene rings is 1. The maximum Gasteiger partial charge on any atom is 0.271 e. The monoisotopic (exact) mass is 522 g/mol. The van der Waals surface area contributed by atoms with Crippen LogP contribution in [-0.4, -0.2) is 61.4 Å². The van der Waals surface area contributed by atoms with Crippen molar-refractivity contribution in [3.05, 3.63) is 58.5 Å². The molecule has 0 spiro atoms. The molecule has 4 aromatic rings. The smallest absolute Gasteiger partial charge is 0.271 e. The van der Waals surface area contributed by atoms with Gasteiger partial charge in [-0.25, -0.2) is 4.68 Å². The molecule has 0 atom stereocenters. The van der Waals surface area contributed by atoms with Crippen LogP contribution >= 0.6 is 11.6 Å². The van der Waals surface area contributed by atoms with Gasteiger partial charge in [0.15, 0.2) is 11.3 Å². The van der Waals surface area contributed by atoms with Gasteiger partial charge in [0.05, 0.1) is 11.9 Å². The standard InChI is InChI=1S/C25H31ClN10O/c1-15(2)17-14-30-36-22(17)31-25(34-10-7-16(27)8-11-34)32-24(36)29-13-18-19(26)5-4-6-21(18)35-12-9-20(33-35)23(37)28-3/h4-6,9,12,14-16H,7-8,10-11,13,27H2,1-3H3,(H,28,37)(H,29,31,32). The fourth-order valence-electron chi connectivity index (χ4n) is 4.46. The summed E-state index contributed by atoms with van der Waals surface area (Å²) >= 11 is 6.64. The van der Waals surface area contributed by atoms with Gasteiger partial charge in [-0.3, -0.25) is 4.79 Å². The third-order valence-corrected chi connectivity index (χ3v) is 7.00. The number of hydrogen-bond acceptors (Lipinski definition) is 8. The van der Waals surface area contributed by atoms with E-state index >= 15 is 0 Å². The van der Waals surface area contributed by atoms with Crippen LogP contribution in [-0.2, 0) is 6.54 Å². The lowest BCUT2D eigenvalue weighted by Crippen LogP contribution is -2.40. The number of nitrogens with zero attached hydrogens (tertiary/aromatic N) is 7. The minimum Gasteiger partial charge on any atom is -0.354 e. The second-order valence-electron chi connectivity index (χ2n) is 9.48. The summed E-state index contributed by atoms with van der Waals surface area (Å²) in [6.45, 7) is 6.22. The van der Waals surface area contributed by atoms with Crippen LogP contribution in [0.2, 0.25) is 5.02 Å². The first kappa shape index (κ1) is 25.0. The van der Waals surface area contributed by atoms with Crippen LogP contribution in [0.1, 0.15) is 54.2 Å². The summed E-state index contributed by atoms with van der Waals surface area (Å²) in [5.74, 6) is 1.23. The molecular weight excluding hydrogens is 492 g/mol. The highest BCUT2D eigenvalue weighted by Gasteiger charge is 2.22. The Morgan fingerprint density at radius 1 is 1.22 bits per heavy atom. The van der Waals surface area contributed by atoms with Crippen molar-refractivity contribution in [3.63, 3.8) is 0 Å². The third-order valence-electron chi connectivity index (χ3n) is 6.64. The molecule has 1 aliphatic rings. The first-order valence-corrected chi connectivity index (χ1v) is 12.8. The second kappa shape index (κ2) is 10.3. The molecular formula is C25H31ClN10O. The van der Waals surface area contributed by atoms with Gasteiger partial charge >= 0.3 is 0 Å². The van der Waals surface area contributed by atoms with Crippen LogP contribution in [0.25, 0.3) is 11.3 Å². The molecule has 4 heterocycles. The van der Waals surface area contributed by atoms with Crippen LogP contribution < -0.4 is 21.3 Å². The van der Waals surface area contributed by atoms with E-state index in [1.54, 1.807) is 28.5 Å². The van der Waals surface area contributed by atoms with E-state index in [9.17, 15) is 4.79 Å². The van der Waals surface area contributed by atoms with Gasteiger partial charge in [-0.2, -0.15) is 24.7 Å². The summed E-state index contributed by atoms with van der Waals surface area (Å²) in [7, 11) is 1.57. The van der Waals surface area contributed by atoms with E-state index in [0.717, 1.165) is 48.4 Å². The molecule has 0 radical (unpaired) electrons. The summed E-state index contributed by atoms with van der Waals surface area (Å²) < 4.78 is 3.39. The Morgan fingerprint density at radius 3 is 2.73 bits per heavy atom. The molecule has 1 amide bonds. The lowest BCUT2D eigenvalue weighted by atomic mass is 10.1. The fraction of sp³-hybridized carbons (Fsp3) is 0.400. The lowest BCUT2D eigenvalue weighted by Gasteiger charge is -2.30. The number of carbonyl (C=O) groups excluding carboxylic acids is 1. The van der Waals surface area contributed by atoms with Gasteiger partial charge in [0, 0.05) is 55.1 Å². The Bertz CT molecular complexity index is 1420. The van der Waals surface area contributed by atoms with Crippen molar-refractivity contribution < 1.29 is 4.79 Å². The zero-order valence-electron chi connectivity index (χ0n) is 21.1. The number of carbonyl (C=O) groups is 1. The highest BCUT2D eigenvalue weighted by atomic mass is 35.5. The van der Waals surface area contributed by atoms with Crippen molar-refractivity contribution in [2.75, 3.05) is 30.4 Å². The predicted molar refractivity (Wildman–Crippen MR) is 144 cm³/mol. The second-order valence-corrected chi connectivity index (χ2v) is 9.88. The molecule has 5 rings (SSSR count). The molecule has 1 aromatic carbocycles. The summed E-state index contributed by atoms with van der Waals surface area (Å²) in [5.41, 5.74) is 9.84. The highest BCUT2D eigenvalue weighted by molar-refractivity contribution is 6.31. The van der Waals surface area contributed by atoms with E-state index < -0.39 is 0 Å². The van der Waals surface area contributed by atoms with E-state index in [2.05, 4.69) is 39.6 Å². The number of fused-ring (bicyclic) bond motifs is 1. The van der Waals surface area contributed by atoms with Gasteiger partial charge < -0.3 is 21.3 Å². The van der Waals surface area contributed by atoms with Crippen molar-refractivity contribution in [2.24, 2.45) is 5.73 Å². The predicted octanol–water partition coefficient (Wildman–Crippen LogP) is 2.99. The van der Waals surface area contributed by atoms with Crippen molar-refractivity contribution >= 4 is 35.1 Å². The largest absolute Gasteiger partial charge is 0.354 e. The maximum atomic E-state index is 12.0. The van der Waals surface area contributed by atoms with Crippen LogP contribution in [0, 0.1) is 0 Å². The Balaban J connectivity index is 1.50. The van der Waals surface area contributed by atoms with Crippen LogP contribution in [0.4, 0.5) is 11.9 Å². The van der Waals surface area contributed by atoms with Crippen LogP contribution in [0.15, 0.2) is 36.7 Å². The number of rotatable bonds is 7. The molecule has 0 saturated carbocycles. The van der Waals surface area contributed by atoms with E-state index in [4.69, 9.17) is 27.3 Å². The van der Waals surface area contributed by atoms with Gasteiger partial charge in [0.25, 0.3) is 5.91 Å². The molecule has 0 bridgehead atoms. The molecule has 4 N–H and O–H groups in total. The molecule has 0 unspecified atom stereocenters. The topological polar surface area (TPSA) is 131 Å². The van der Waals surface area contributed by atoms with E-state index in [1.807, 2.05) is 24.4 Å². The van der Waals surface area contributed by atoms with E-state index in [0.29, 0.717) is 29.2 Å². The molecule has 1 aliphatic heterocycles. The first-order chi connectivity index (χ1) is 17.9. The summed E-state index contributed by atoms with van der Waals surface area (Å²) in [4.78, 5) is 23.9. The first-order valence-electron chi connectivity index (χ1n) is 12.4. The molecule has 0 aliphatic carbocycles. The van der Waals surface area contributed by atoms with Crippen molar-refractivity contribution in [1.29, 1.82) is 0 Å². The normalized spacial score (nSPS) is 14.5. The van der Waals surface area contributed by atoms with Gasteiger partial charge in [-0.05, 0) is 37.0 Å². The molecule has 12 heteroatoms. The maximum absolute atomic E-state index is 12.0. The molecule has 3 aromatic heterocycles. The van der Waals surface area contributed by atoms with Crippen molar-refractivity contribution in [1.82, 2.24) is 34.7 Å². The number of piperidine rings is 1. The quantitative estimate of drug-likeness (QED) is 0.337. The lowest BCUT2D eigenvalue weighted by molar-refractivity contribution is 0.0957. The number of nitrogens with two attached hydrogens (primary N) is 1. The number of anilines is 2. The van der Waals surface area contributed by atoms with E-state index in [1.165, 1.54) is 0 Å². The Morgan fingerprint density at radius 2 is 2.00 bits per heavy atom. The fourth-order valence-corrected chi connectivity index (χ4v) is 4.69. The minimum atomic E-state index is -0.255. The Kier molecular flexibility index (Phi) is 6.98. The molecule has 11 nitrogen and oxygen atoms in total. The highest BCUT2D eigenvalue weighted by Crippen LogP contribution is 2.27. The average molecular weight is 523 g/mol. The number of amides is 1. The van der Waals surface area contributed by atoms with Crippen molar-refractivity contribution in [3.8, 4) is 5.69 Å². The van der Waals surface area contributed by atoms with Crippen LogP contribution in [0.3, 0.4) is 0 Å². The van der Waals surface area contributed by atoms with Crippen LogP contribution in [0.5, 0.6) is 0 Å². The summed E-state index contributed by atoms with van der Waals surface area (Å²) in [5, 5.41) is 15.6. The molecule has 37 heavy (non-hydrogen) atoms.